The van der Waals surface area contributed by atoms with Crippen molar-refractivity contribution in [2.24, 2.45) is 5.41 Å². The van der Waals surface area contributed by atoms with E-state index in [0.717, 1.165) is 0 Å². The fourth-order valence-electron chi connectivity index (χ4n) is 4.79. The van der Waals surface area contributed by atoms with Crippen LogP contribution >= 0.6 is 0 Å². The molecule has 0 saturated carbocycles. The molecular formula is C42H39IrN3O-2. The predicted molar refractivity (Wildman–Crippen MR) is 190 cm³/mol. The molecule has 239 valence electrons. The number of furan rings is 1. The zero-order chi connectivity index (χ0) is 46.0. The molecule has 7 aromatic rings. The number of aromatic nitrogens is 3. The summed E-state index contributed by atoms with van der Waals surface area (Å²) in [6.07, 6.45) is 0.625. The van der Waals surface area contributed by atoms with E-state index >= 15 is 0 Å². The van der Waals surface area contributed by atoms with Gasteiger partial charge in [0.2, 0.25) is 5.71 Å². The number of hydrogen-bond donors (Lipinski definition) is 0. The molecule has 3 aromatic carbocycles. The van der Waals surface area contributed by atoms with Gasteiger partial charge in [-0.25, -0.2) is 4.98 Å². The van der Waals surface area contributed by atoms with Gasteiger partial charge < -0.3 is 14.4 Å². The first-order valence-corrected chi connectivity index (χ1v) is 14.3. The molecule has 4 aromatic heterocycles. The standard InChI is InChI=1S/C29H27N2O.C13H12N.Ir/c1-18-17-30-26(15-25(18)21-12-10-20(11-13-21)16-29(3,4)5)24-8-6-7-22-23-14-9-19(2)31-28(23)32-27(22)24;1-10-3-6-12(7-4-10)13-8-5-11(2)9-14-13;/h6-7,9-15,17H,16H2,1-5H3;3-6,8-9H,1-2H3;/q2*-1;/i1D3,2D3,12D,13D,16D2;1D3,2D3;. The monoisotopic (exact) mass is 810 g/mol. The number of rotatable bonds is 4. The van der Waals surface area contributed by atoms with E-state index in [1.165, 1.54) is 54.9 Å². The van der Waals surface area contributed by atoms with Crippen LogP contribution in [0.5, 0.6) is 0 Å². The van der Waals surface area contributed by atoms with Crippen LogP contribution in [0, 0.1) is 45.0 Å². The van der Waals surface area contributed by atoms with Crippen LogP contribution in [0.2, 0.25) is 0 Å². The molecule has 0 unspecified atom stereocenters. The van der Waals surface area contributed by atoms with Gasteiger partial charge in [-0.1, -0.05) is 81.0 Å². The maximum Gasteiger partial charge on any atom is 0.216 e. The summed E-state index contributed by atoms with van der Waals surface area (Å²) in [5.74, 6) is 0. The quantitative estimate of drug-likeness (QED) is 0.166. The first-order chi connectivity index (χ1) is 28.5. The van der Waals surface area contributed by atoms with Crippen molar-refractivity contribution in [2.45, 2.75) is 54.6 Å². The van der Waals surface area contributed by atoms with E-state index in [9.17, 15) is 0 Å². The van der Waals surface area contributed by atoms with E-state index < -0.39 is 39.2 Å². The van der Waals surface area contributed by atoms with E-state index in [1.807, 2.05) is 0 Å². The van der Waals surface area contributed by atoms with Crippen LogP contribution in [-0.4, -0.2) is 15.0 Å². The van der Waals surface area contributed by atoms with Gasteiger partial charge in [-0.05, 0) is 83.7 Å². The van der Waals surface area contributed by atoms with Gasteiger partial charge in [0.05, 0.1) is 8.32 Å². The van der Waals surface area contributed by atoms with Gasteiger partial charge in [0, 0.05) is 62.8 Å². The molecule has 5 heteroatoms. The van der Waals surface area contributed by atoms with Gasteiger partial charge in [0.25, 0.3) is 0 Å². The van der Waals surface area contributed by atoms with Crippen molar-refractivity contribution in [3.8, 4) is 33.6 Å². The van der Waals surface area contributed by atoms with Crippen LogP contribution in [-0.2, 0) is 26.5 Å². The third-order valence-electron chi connectivity index (χ3n) is 6.84. The number of benzene rings is 3. The molecule has 0 spiro atoms. The minimum absolute atomic E-state index is 0. The summed E-state index contributed by atoms with van der Waals surface area (Å²) in [6, 6.07) is 23.7. The van der Waals surface area contributed by atoms with Gasteiger partial charge in [0.1, 0.15) is 0 Å². The minimum Gasteiger partial charge on any atom is -0.486 e. The molecule has 0 aliphatic carbocycles. The van der Waals surface area contributed by atoms with Crippen molar-refractivity contribution in [2.75, 3.05) is 0 Å². The second-order valence-corrected chi connectivity index (χ2v) is 11.6. The summed E-state index contributed by atoms with van der Waals surface area (Å²) in [5.41, 5.74) is 1.76. The van der Waals surface area contributed by atoms with E-state index in [4.69, 9.17) is 26.3 Å². The van der Waals surface area contributed by atoms with Crippen molar-refractivity contribution in [3.05, 3.63) is 137 Å². The number of nitrogens with zero attached hydrogens (tertiary/aromatic N) is 3. The molecule has 0 atom stereocenters. The Balaban J connectivity index is 0.000000299. The molecule has 0 aliphatic heterocycles. The van der Waals surface area contributed by atoms with Gasteiger partial charge in [-0.2, -0.15) is 0 Å². The fraction of sp³-hybridized carbons (Fsp3) is 0.214. The van der Waals surface area contributed by atoms with E-state index in [0.29, 0.717) is 33.2 Å². The second-order valence-electron chi connectivity index (χ2n) is 11.6. The van der Waals surface area contributed by atoms with Crippen molar-refractivity contribution in [3.63, 3.8) is 0 Å². The maximum atomic E-state index is 8.75. The van der Waals surface area contributed by atoms with Crippen LogP contribution in [0.3, 0.4) is 0 Å². The largest absolute Gasteiger partial charge is 0.486 e. The molecule has 7 rings (SSSR count). The number of hydrogen-bond acceptors (Lipinski definition) is 4. The smallest absolute Gasteiger partial charge is 0.216 e. The Hall–Kier alpha value is -4.44. The van der Waals surface area contributed by atoms with Crippen LogP contribution < -0.4 is 0 Å². The molecule has 4 nitrogen and oxygen atoms in total. The summed E-state index contributed by atoms with van der Waals surface area (Å²) in [7, 11) is 0. The zero-order valence-electron chi connectivity index (χ0n) is 41.7. The maximum absolute atomic E-state index is 8.75. The molecule has 1 radical (unpaired) electrons. The Labute approximate surface area is 314 Å². The second kappa shape index (κ2) is 14.1. The Bertz CT molecular complexity index is 2690. The molecule has 47 heavy (non-hydrogen) atoms. The molecule has 0 fully saturated rings. The Morgan fingerprint density at radius 3 is 2.32 bits per heavy atom. The van der Waals surface area contributed by atoms with E-state index in [2.05, 4.69) is 27.1 Å². The molecular weight excluding hydrogens is 755 g/mol. The summed E-state index contributed by atoms with van der Waals surface area (Å²) in [6.45, 7) is -4.20. The molecule has 0 N–H and O–H groups in total. The first-order valence-electron chi connectivity index (χ1n) is 22.3. The van der Waals surface area contributed by atoms with Crippen LogP contribution in [0.25, 0.3) is 55.7 Å². The molecule has 4 heterocycles. The predicted octanol–water partition coefficient (Wildman–Crippen LogP) is 10.9. The average Bonchev–Trinajstić information content (AvgIpc) is 3.54. The third kappa shape index (κ3) is 7.93. The van der Waals surface area contributed by atoms with Crippen molar-refractivity contribution < 1.29 is 46.5 Å². The minimum atomic E-state index is -2.62. The average molecular weight is 810 g/mol. The summed E-state index contributed by atoms with van der Waals surface area (Å²) >= 11 is 0. The first kappa shape index (κ1) is 18.8. The zero-order valence-corrected chi connectivity index (χ0v) is 28.1. The third-order valence-corrected chi connectivity index (χ3v) is 6.84. The number of pyridine rings is 3. The van der Waals surface area contributed by atoms with Crippen molar-refractivity contribution in [1.29, 1.82) is 0 Å². The topological polar surface area (TPSA) is 51.8 Å². The summed E-state index contributed by atoms with van der Waals surface area (Å²) in [4.78, 5) is 12.6. The molecule has 0 aliphatic rings. The van der Waals surface area contributed by atoms with Gasteiger partial charge in [-0.15, -0.1) is 53.6 Å². The Morgan fingerprint density at radius 1 is 0.830 bits per heavy atom. The normalized spacial score (nSPS) is 17.6. The summed E-state index contributed by atoms with van der Waals surface area (Å²) < 4.78 is 132. The number of fused-ring (bicyclic) bond motifs is 3. The fourth-order valence-corrected chi connectivity index (χ4v) is 4.79. The number of aryl methyl sites for hydroxylation is 4. The molecule has 0 saturated heterocycles. The van der Waals surface area contributed by atoms with Gasteiger partial charge >= 0.3 is 0 Å². The van der Waals surface area contributed by atoms with Gasteiger partial charge in [-0.3, -0.25) is 0 Å². The van der Waals surface area contributed by atoms with Crippen molar-refractivity contribution >= 4 is 22.1 Å². The van der Waals surface area contributed by atoms with Crippen LogP contribution in [0.4, 0.5) is 0 Å². The summed E-state index contributed by atoms with van der Waals surface area (Å²) in [5, 5.41) is 1.21. The van der Waals surface area contributed by atoms with Crippen LogP contribution in [0.1, 0.15) is 70.7 Å². The molecule has 0 amide bonds. The van der Waals surface area contributed by atoms with Gasteiger partial charge in [0.15, 0.2) is 0 Å². The SMILES string of the molecule is [2H]C([2H])([2H])c1c[c-]c(-c2ccc(C([2H])([2H])[2H])cn2)cc1.[2H]c1cc(C([2H])([2H])C(C)(C)C)cc([2H])c1-c1cc(-c2[c-]ccc3c2oc2nc(C([2H])([2H])[2H])ccc23)ncc1C([2H])([2H])[2H].[Ir]. The van der Waals surface area contributed by atoms with Crippen molar-refractivity contribution in [1.82, 2.24) is 15.0 Å². The molecule has 0 bridgehead atoms. The van der Waals surface area contributed by atoms with E-state index in [1.54, 1.807) is 51.1 Å². The Morgan fingerprint density at radius 2 is 1.64 bits per heavy atom. The van der Waals surface area contributed by atoms with E-state index in [-0.39, 0.29) is 82.7 Å². The van der Waals surface area contributed by atoms with Crippen LogP contribution in [0.15, 0.2) is 102 Å². The Kier molecular flexibility index (Phi) is 5.65.